The molecule has 0 radical (unpaired) electrons. The molecule has 0 bridgehead atoms. The molecule has 2 nitrogen and oxygen atoms in total. The van der Waals surface area contributed by atoms with E-state index in [1.165, 1.54) is 4.90 Å². The molecule has 0 unspecified atom stereocenters. The van der Waals surface area contributed by atoms with Crippen molar-refractivity contribution >= 4 is 0 Å². The molecular weight excluding hydrogens is 159 g/mol. The molecule has 0 aromatic rings. The van der Waals surface area contributed by atoms with Crippen LogP contribution in [0.4, 0.5) is 13.2 Å². The van der Waals surface area contributed by atoms with Gasteiger partial charge in [-0.3, -0.25) is 4.90 Å². The van der Waals surface area contributed by atoms with Crippen LogP contribution >= 0.6 is 0 Å². The zero-order valence-corrected chi connectivity index (χ0v) is 5.93. The van der Waals surface area contributed by atoms with Gasteiger partial charge < -0.3 is 5.11 Å². The molecule has 0 amide bonds. The lowest BCUT2D eigenvalue weighted by Gasteiger charge is -2.16. The summed E-state index contributed by atoms with van der Waals surface area (Å²) >= 11 is 0. The van der Waals surface area contributed by atoms with Crippen LogP contribution in [0.25, 0.3) is 0 Å². The molecule has 1 N–H and O–H groups in total. The molecule has 66 valence electrons. The topological polar surface area (TPSA) is 23.5 Å². The Morgan fingerprint density at radius 3 is 2.45 bits per heavy atom. The molecule has 11 heavy (non-hydrogen) atoms. The first-order chi connectivity index (χ1) is 4.97. The molecule has 1 aliphatic rings. The van der Waals surface area contributed by atoms with Crippen molar-refractivity contribution < 1.29 is 18.3 Å². The van der Waals surface area contributed by atoms with Crippen LogP contribution in [0.2, 0.25) is 0 Å². The van der Waals surface area contributed by atoms with Crippen LogP contribution in [0.5, 0.6) is 0 Å². The van der Waals surface area contributed by atoms with Crippen LogP contribution in [0.1, 0.15) is 6.42 Å². The van der Waals surface area contributed by atoms with Gasteiger partial charge >= 0.3 is 6.18 Å². The van der Waals surface area contributed by atoms with Crippen molar-refractivity contribution in [3.63, 3.8) is 0 Å². The number of alkyl halides is 3. The average molecular weight is 169 g/mol. The molecule has 0 saturated carbocycles. The largest absolute Gasteiger partial charge is 0.401 e. The van der Waals surface area contributed by atoms with E-state index in [-0.39, 0.29) is 6.54 Å². The van der Waals surface area contributed by atoms with Gasteiger partial charge in [0, 0.05) is 13.1 Å². The van der Waals surface area contributed by atoms with E-state index < -0.39 is 18.8 Å². The summed E-state index contributed by atoms with van der Waals surface area (Å²) in [6.45, 7) is -0.399. The number of halogens is 3. The number of nitrogens with zero attached hydrogens (tertiary/aromatic N) is 1. The van der Waals surface area contributed by atoms with Crippen LogP contribution < -0.4 is 0 Å². The minimum atomic E-state index is -4.13. The van der Waals surface area contributed by atoms with Gasteiger partial charge in [-0.25, -0.2) is 0 Å². The van der Waals surface area contributed by atoms with Gasteiger partial charge in [-0.05, 0) is 6.42 Å². The van der Waals surface area contributed by atoms with Gasteiger partial charge in [0.2, 0.25) is 0 Å². The highest BCUT2D eigenvalue weighted by Crippen LogP contribution is 2.19. The Hall–Kier alpha value is -0.290. The highest BCUT2D eigenvalue weighted by atomic mass is 19.4. The van der Waals surface area contributed by atoms with Gasteiger partial charge in [-0.2, -0.15) is 13.2 Å². The van der Waals surface area contributed by atoms with Crippen molar-refractivity contribution in [3.05, 3.63) is 0 Å². The van der Waals surface area contributed by atoms with Crippen molar-refractivity contribution in [1.29, 1.82) is 0 Å². The fraction of sp³-hybridized carbons (Fsp3) is 1.00. The first kappa shape index (κ1) is 8.80. The van der Waals surface area contributed by atoms with Crippen molar-refractivity contribution in [1.82, 2.24) is 4.90 Å². The Morgan fingerprint density at radius 2 is 2.09 bits per heavy atom. The molecule has 0 spiro atoms. The van der Waals surface area contributed by atoms with E-state index in [1.807, 2.05) is 0 Å². The molecule has 1 atom stereocenters. The first-order valence-electron chi connectivity index (χ1n) is 3.44. The Kier molecular flexibility index (Phi) is 2.39. The van der Waals surface area contributed by atoms with Crippen molar-refractivity contribution in [2.24, 2.45) is 0 Å². The second-order valence-electron chi connectivity index (χ2n) is 2.79. The lowest BCUT2D eigenvalue weighted by molar-refractivity contribution is -0.144. The lowest BCUT2D eigenvalue weighted by atomic mass is 10.3. The Morgan fingerprint density at radius 1 is 1.45 bits per heavy atom. The number of likely N-dealkylation sites (tertiary alicyclic amines) is 1. The van der Waals surface area contributed by atoms with Gasteiger partial charge in [0.1, 0.15) is 0 Å². The summed E-state index contributed by atoms with van der Waals surface area (Å²) in [6, 6.07) is 0. The molecule has 1 aliphatic heterocycles. The zero-order valence-electron chi connectivity index (χ0n) is 5.93. The van der Waals surface area contributed by atoms with Crippen molar-refractivity contribution in [3.8, 4) is 0 Å². The third-order valence-corrected chi connectivity index (χ3v) is 1.65. The molecule has 1 heterocycles. The molecule has 0 aliphatic carbocycles. The molecule has 0 aromatic heterocycles. The number of rotatable bonds is 1. The van der Waals surface area contributed by atoms with E-state index in [0.717, 1.165) is 0 Å². The zero-order chi connectivity index (χ0) is 8.48. The van der Waals surface area contributed by atoms with Crippen LogP contribution in [-0.4, -0.2) is 41.9 Å². The Balaban J connectivity index is 2.29. The normalized spacial score (nSPS) is 27.8. The summed E-state index contributed by atoms with van der Waals surface area (Å²) < 4.78 is 35.1. The van der Waals surface area contributed by atoms with E-state index in [9.17, 15) is 13.2 Å². The van der Waals surface area contributed by atoms with Gasteiger partial charge in [-0.15, -0.1) is 0 Å². The van der Waals surface area contributed by atoms with Crippen LogP contribution in [0, 0.1) is 0 Å². The molecule has 5 heteroatoms. The van der Waals surface area contributed by atoms with E-state index in [0.29, 0.717) is 13.0 Å². The van der Waals surface area contributed by atoms with Crippen LogP contribution in [0.15, 0.2) is 0 Å². The standard InChI is InChI=1S/C6H10F3NO/c7-6(8,9)4-10-2-1-5(11)3-10/h5,11H,1-4H2/t5-/m0/s1. The SMILES string of the molecule is O[C@H]1CCN(CC(F)(F)F)C1. The quantitative estimate of drug-likeness (QED) is 0.621. The van der Waals surface area contributed by atoms with E-state index in [4.69, 9.17) is 5.11 Å². The van der Waals surface area contributed by atoms with Crippen molar-refractivity contribution in [2.45, 2.75) is 18.7 Å². The highest BCUT2D eigenvalue weighted by Gasteiger charge is 2.33. The van der Waals surface area contributed by atoms with E-state index >= 15 is 0 Å². The molecule has 0 aromatic carbocycles. The number of hydrogen-bond acceptors (Lipinski definition) is 2. The first-order valence-corrected chi connectivity index (χ1v) is 3.44. The van der Waals surface area contributed by atoms with Crippen LogP contribution in [0.3, 0.4) is 0 Å². The van der Waals surface area contributed by atoms with Gasteiger partial charge in [-0.1, -0.05) is 0 Å². The second kappa shape index (κ2) is 2.98. The second-order valence-corrected chi connectivity index (χ2v) is 2.79. The summed E-state index contributed by atoms with van der Waals surface area (Å²) in [5, 5.41) is 8.89. The summed E-state index contributed by atoms with van der Waals surface area (Å²) in [4.78, 5) is 1.21. The third kappa shape index (κ3) is 3.07. The predicted octanol–water partition coefficient (Wildman–Crippen LogP) is 0.615. The summed E-state index contributed by atoms with van der Waals surface area (Å²) in [5.74, 6) is 0. The van der Waals surface area contributed by atoms with Crippen molar-refractivity contribution in [2.75, 3.05) is 19.6 Å². The van der Waals surface area contributed by atoms with Gasteiger partial charge in [0.05, 0.1) is 12.6 Å². The fourth-order valence-electron chi connectivity index (χ4n) is 1.21. The summed E-state index contributed by atoms with van der Waals surface area (Å²) in [5.41, 5.74) is 0. The van der Waals surface area contributed by atoms with Crippen LogP contribution in [-0.2, 0) is 0 Å². The Bertz CT molecular complexity index is 136. The fourth-order valence-corrected chi connectivity index (χ4v) is 1.21. The third-order valence-electron chi connectivity index (χ3n) is 1.65. The number of hydrogen-bond donors (Lipinski definition) is 1. The maximum Gasteiger partial charge on any atom is 0.401 e. The molecular formula is C6H10F3NO. The number of β-amino-alcohol motifs (C(OH)–C–C–N with tert-alkyl or cyclic N) is 1. The van der Waals surface area contributed by atoms with E-state index in [1.54, 1.807) is 0 Å². The number of aliphatic hydroxyl groups excluding tert-OH is 1. The van der Waals surface area contributed by atoms with E-state index in [2.05, 4.69) is 0 Å². The average Bonchev–Trinajstić information content (AvgIpc) is 2.10. The maximum atomic E-state index is 11.7. The predicted molar refractivity (Wildman–Crippen MR) is 33.1 cm³/mol. The smallest absolute Gasteiger partial charge is 0.392 e. The summed E-state index contributed by atoms with van der Waals surface area (Å²) in [6.07, 6.45) is -4.25. The summed E-state index contributed by atoms with van der Waals surface area (Å²) in [7, 11) is 0. The van der Waals surface area contributed by atoms with Gasteiger partial charge in [0.25, 0.3) is 0 Å². The molecule has 1 rings (SSSR count). The molecule has 1 fully saturated rings. The lowest BCUT2D eigenvalue weighted by Crippen LogP contribution is -2.32. The number of aliphatic hydroxyl groups is 1. The highest BCUT2D eigenvalue weighted by molar-refractivity contribution is 4.75. The molecule has 1 saturated heterocycles. The maximum absolute atomic E-state index is 11.7. The monoisotopic (exact) mass is 169 g/mol. The minimum absolute atomic E-state index is 0.152. The van der Waals surface area contributed by atoms with Gasteiger partial charge in [0.15, 0.2) is 0 Å². The Labute approximate surface area is 62.6 Å². The minimum Gasteiger partial charge on any atom is -0.392 e.